The highest BCUT2D eigenvalue weighted by atomic mass is 19.3. The molecule has 9 heteroatoms. The van der Waals surface area contributed by atoms with Crippen molar-refractivity contribution in [2.45, 2.75) is 50.8 Å². The van der Waals surface area contributed by atoms with Crippen LogP contribution in [-0.4, -0.2) is 43.8 Å². The zero-order valence-electron chi connectivity index (χ0n) is 16.5. The van der Waals surface area contributed by atoms with E-state index in [0.29, 0.717) is 29.3 Å². The van der Waals surface area contributed by atoms with Gasteiger partial charge in [-0.2, -0.15) is 13.9 Å². The Bertz CT molecular complexity index is 1060. The number of phenols is 1. The Hall–Kier alpha value is -3.23. The van der Waals surface area contributed by atoms with Gasteiger partial charge in [0.25, 0.3) is 5.91 Å². The minimum Gasteiger partial charge on any atom is -0.508 e. The number of benzene rings is 1. The molecule has 2 aromatic heterocycles. The Balaban J connectivity index is 1.70. The Kier molecular flexibility index (Phi) is 5.05. The number of aromatic nitrogens is 3. The summed E-state index contributed by atoms with van der Waals surface area (Å²) >= 11 is 0. The first-order valence-electron chi connectivity index (χ1n) is 9.70. The van der Waals surface area contributed by atoms with Crippen LogP contribution in [0, 0.1) is 0 Å². The zero-order chi connectivity index (χ0) is 21.5. The number of nitrogens with one attached hydrogen (secondary N) is 1. The summed E-state index contributed by atoms with van der Waals surface area (Å²) in [6, 6.07) is 6.94. The molecule has 1 saturated carbocycles. The molecule has 2 heterocycles. The molecule has 1 fully saturated rings. The highest BCUT2D eigenvalue weighted by Crippen LogP contribution is 2.30. The second-order valence-corrected chi connectivity index (χ2v) is 7.67. The molecule has 0 saturated heterocycles. The maximum Gasteiger partial charge on any atom is 0.321 e. The predicted octanol–water partition coefficient (Wildman–Crippen LogP) is 3.43. The van der Waals surface area contributed by atoms with Crippen LogP contribution < -0.4 is 10.1 Å². The molecule has 0 radical (unpaired) electrons. The number of amides is 1. The van der Waals surface area contributed by atoms with Crippen LogP contribution in [0.2, 0.25) is 0 Å². The highest BCUT2D eigenvalue weighted by Gasteiger charge is 2.35. The normalized spacial score (nSPS) is 16.3. The molecule has 2 N–H and O–H groups in total. The summed E-state index contributed by atoms with van der Waals surface area (Å²) in [5.74, 6) is -4.28. The largest absolute Gasteiger partial charge is 0.508 e. The lowest BCUT2D eigenvalue weighted by Gasteiger charge is -2.27. The van der Waals surface area contributed by atoms with Crippen molar-refractivity contribution in [2.75, 3.05) is 0 Å². The van der Waals surface area contributed by atoms with Gasteiger partial charge in [-0.25, -0.2) is 4.98 Å². The molecular formula is C21H22F2N4O3. The maximum absolute atomic E-state index is 13.5. The molecule has 1 aliphatic rings. The molecular weight excluding hydrogens is 394 g/mol. The van der Waals surface area contributed by atoms with Crippen LogP contribution in [0.1, 0.15) is 38.3 Å². The summed E-state index contributed by atoms with van der Waals surface area (Å²) in [6.45, 7) is 2.19. The van der Waals surface area contributed by atoms with Gasteiger partial charge in [-0.1, -0.05) is 0 Å². The fourth-order valence-electron chi connectivity index (χ4n) is 3.31. The number of carbonyl (C=O) groups is 1. The van der Waals surface area contributed by atoms with Crippen LogP contribution in [0.15, 0.2) is 42.7 Å². The minimum atomic E-state index is -3.50. The molecule has 0 aliphatic heterocycles. The SMILES string of the molecule is C[C@H](NC(=O)C(C)(F)F)[C@@H](c1ccc(OC2CC2)nc1)n1ncc2cc(O)ccc21. The summed E-state index contributed by atoms with van der Waals surface area (Å²) in [5.41, 5.74) is 1.35. The van der Waals surface area contributed by atoms with E-state index in [2.05, 4.69) is 15.4 Å². The number of nitrogens with zero attached hydrogens (tertiary/aromatic N) is 3. The third-order valence-electron chi connectivity index (χ3n) is 4.99. The van der Waals surface area contributed by atoms with Crippen molar-refractivity contribution in [3.8, 4) is 11.6 Å². The van der Waals surface area contributed by atoms with Crippen LogP contribution in [0.25, 0.3) is 10.9 Å². The van der Waals surface area contributed by atoms with Gasteiger partial charge in [0, 0.05) is 24.6 Å². The van der Waals surface area contributed by atoms with Crippen LogP contribution in [0.4, 0.5) is 8.78 Å². The van der Waals surface area contributed by atoms with Crippen molar-refractivity contribution in [2.24, 2.45) is 0 Å². The second-order valence-electron chi connectivity index (χ2n) is 7.67. The van der Waals surface area contributed by atoms with Gasteiger partial charge in [0.2, 0.25) is 5.88 Å². The zero-order valence-corrected chi connectivity index (χ0v) is 16.5. The molecule has 0 unspecified atom stereocenters. The van der Waals surface area contributed by atoms with Crippen LogP contribution in [-0.2, 0) is 4.79 Å². The van der Waals surface area contributed by atoms with Gasteiger partial charge in [0.05, 0.1) is 23.8 Å². The van der Waals surface area contributed by atoms with E-state index in [1.807, 2.05) is 0 Å². The monoisotopic (exact) mass is 416 g/mol. The van der Waals surface area contributed by atoms with E-state index in [1.165, 1.54) is 6.07 Å². The first kappa shape index (κ1) is 20.1. The fourth-order valence-corrected chi connectivity index (χ4v) is 3.31. The first-order chi connectivity index (χ1) is 14.2. The van der Waals surface area contributed by atoms with Crippen LogP contribution in [0.5, 0.6) is 11.6 Å². The smallest absolute Gasteiger partial charge is 0.321 e. The minimum absolute atomic E-state index is 0.0915. The third kappa shape index (κ3) is 4.19. The standard InChI is InChI=1S/C21H22F2N4O3/c1-12(26-20(29)21(2,22)23)19(13-3-8-18(24-10-13)30-16-5-6-16)27-17-7-4-15(28)9-14(17)11-25-27/h3-4,7-12,16,19,28H,5-6H2,1-2H3,(H,26,29)/t12-,19-/m0/s1. The van der Waals surface area contributed by atoms with E-state index in [0.717, 1.165) is 12.8 Å². The lowest BCUT2D eigenvalue weighted by Crippen LogP contribution is -2.46. The maximum atomic E-state index is 13.5. The number of hydrogen-bond acceptors (Lipinski definition) is 5. The predicted molar refractivity (Wildman–Crippen MR) is 106 cm³/mol. The van der Waals surface area contributed by atoms with Gasteiger partial charge in [-0.15, -0.1) is 0 Å². The van der Waals surface area contributed by atoms with Gasteiger partial charge >= 0.3 is 5.92 Å². The summed E-state index contributed by atoms with van der Waals surface area (Å²) in [5, 5.41) is 17.2. The highest BCUT2D eigenvalue weighted by molar-refractivity contribution is 5.83. The average Bonchev–Trinajstić information content (AvgIpc) is 3.41. The number of ether oxygens (including phenoxy) is 1. The molecule has 1 amide bonds. The number of carbonyl (C=O) groups excluding carboxylic acids is 1. The molecule has 0 spiro atoms. The Labute approximate surface area is 171 Å². The van der Waals surface area contributed by atoms with E-state index < -0.39 is 23.9 Å². The lowest BCUT2D eigenvalue weighted by atomic mass is 10.0. The van der Waals surface area contributed by atoms with E-state index in [1.54, 1.807) is 48.3 Å². The topological polar surface area (TPSA) is 89.3 Å². The van der Waals surface area contributed by atoms with Gasteiger partial charge in [0.1, 0.15) is 11.9 Å². The average molecular weight is 416 g/mol. The van der Waals surface area contributed by atoms with Gasteiger partial charge in [-0.3, -0.25) is 9.48 Å². The Morgan fingerprint density at radius 3 is 2.70 bits per heavy atom. The molecule has 4 rings (SSSR count). The number of fused-ring (bicyclic) bond motifs is 1. The summed E-state index contributed by atoms with van der Waals surface area (Å²) < 4.78 is 34.2. The molecule has 158 valence electrons. The first-order valence-corrected chi connectivity index (χ1v) is 9.70. The lowest BCUT2D eigenvalue weighted by molar-refractivity contribution is -0.143. The van der Waals surface area contributed by atoms with E-state index in [9.17, 15) is 18.7 Å². The second kappa shape index (κ2) is 7.55. The van der Waals surface area contributed by atoms with Crippen molar-refractivity contribution in [1.29, 1.82) is 0 Å². The molecule has 1 aromatic carbocycles. The molecule has 3 aromatic rings. The molecule has 7 nitrogen and oxygen atoms in total. The van der Waals surface area contributed by atoms with Crippen LogP contribution in [0.3, 0.4) is 0 Å². The van der Waals surface area contributed by atoms with Crippen molar-refractivity contribution >= 4 is 16.8 Å². The van der Waals surface area contributed by atoms with Crippen LogP contribution >= 0.6 is 0 Å². The summed E-state index contributed by atoms with van der Waals surface area (Å²) in [6.07, 6.45) is 5.39. The number of aromatic hydroxyl groups is 1. The van der Waals surface area contributed by atoms with Gasteiger partial charge < -0.3 is 15.2 Å². The van der Waals surface area contributed by atoms with Gasteiger partial charge in [-0.05, 0) is 49.6 Å². The number of rotatable bonds is 7. The quantitative estimate of drug-likeness (QED) is 0.616. The Morgan fingerprint density at radius 1 is 1.30 bits per heavy atom. The van der Waals surface area contributed by atoms with Crippen molar-refractivity contribution in [3.05, 3.63) is 48.3 Å². The number of pyridine rings is 1. The molecule has 30 heavy (non-hydrogen) atoms. The van der Waals surface area contributed by atoms with E-state index >= 15 is 0 Å². The van der Waals surface area contributed by atoms with Crippen molar-refractivity contribution in [1.82, 2.24) is 20.1 Å². The number of halogens is 2. The number of alkyl halides is 2. The van der Waals surface area contributed by atoms with Gasteiger partial charge in [0.15, 0.2) is 0 Å². The van der Waals surface area contributed by atoms with E-state index in [-0.39, 0.29) is 11.9 Å². The summed E-state index contributed by atoms with van der Waals surface area (Å²) in [7, 11) is 0. The number of phenolic OH excluding ortho intramolecular Hbond substituents is 1. The number of hydrogen-bond donors (Lipinski definition) is 2. The fraction of sp³-hybridized carbons (Fsp3) is 0.381. The van der Waals surface area contributed by atoms with Crippen molar-refractivity contribution in [3.63, 3.8) is 0 Å². The molecule has 0 bridgehead atoms. The Morgan fingerprint density at radius 2 is 2.07 bits per heavy atom. The van der Waals surface area contributed by atoms with Crippen molar-refractivity contribution < 1.29 is 23.4 Å². The van der Waals surface area contributed by atoms with E-state index in [4.69, 9.17) is 4.74 Å². The molecule has 1 aliphatic carbocycles. The molecule has 2 atom stereocenters. The third-order valence-corrected chi connectivity index (χ3v) is 4.99. The summed E-state index contributed by atoms with van der Waals surface area (Å²) in [4.78, 5) is 16.2.